The maximum atomic E-state index is 11.9. The fourth-order valence-electron chi connectivity index (χ4n) is 3.19. The zero-order valence-corrected chi connectivity index (χ0v) is 21.3. The molecule has 186 valence electrons. The summed E-state index contributed by atoms with van der Waals surface area (Å²) in [5.74, 6) is -2.74. The van der Waals surface area contributed by atoms with E-state index in [-0.39, 0.29) is 11.7 Å². The van der Waals surface area contributed by atoms with Crippen LogP contribution in [0.2, 0.25) is 0 Å². The lowest BCUT2D eigenvalue weighted by molar-refractivity contribution is -0.254. The number of para-hydroxylation sites is 1. The summed E-state index contributed by atoms with van der Waals surface area (Å²) in [5, 5.41) is 5.93. The van der Waals surface area contributed by atoms with Crippen LogP contribution >= 0.6 is 28.1 Å². The maximum absolute atomic E-state index is 11.9. The van der Waals surface area contributed by atoms with Crippen molar-refractivity contribution in [2.24, 2.45) is 0 Å². The molecule has 0 unspecified atom stereocenters. The van der Waals surface area contributed by atoms with E-state index in [2.05, 4.69) is 26.6 Å². The molecule has 11 nitrogen and oxygen atoms in total. The summed E-state index contributed by atoms with van der Waals surface area (Å²) >= 11 is 8.77. The Morgan fingerprint density at radius 3 is 2.03 bits per heavy atom. The fourth-order valence-corrected chi connectivity index (χ4v) is 3.80. The Morgan fingerprint density at radius 1 is 0.912 bits per heavy atom. The maximum Gasteiger partial charge on any atom is 0.303 e. The van der Waals surface area contributed by atoms with Crippen molar-refractivity contribution in [2.45, 2.75) is 58.3 Å². The zero-order chi connectivity index (χ0) is 25.4. The van der Waals surface area contributed by atoms with Crippen molar-refractivity contribution < 1.29 is 42.9 Å². The van der Waals surface area contributed by atoms with E-state index >= 15 is 0 Å². The summed E-state index contributed by atoms with van der Waals surface area (Å²) in [6.07, 6.45) is -6.04. The van der Waals surface area contributed by atoms with Gasteiger partial charge in [-0.3, -0.25) is 19.2 Å². The molecule has 0 radical (unpaired) electrons. The predicted octanol–water partition coefficient (Wildman–Crippen LogP) is 1.82. The Balaban J connectivity index is 2.37. The van der Waals surface area contributed by atoms with Gasteiger partial charge in [0.1, 0.15) is 12.7 Å². The normalized spacial score (nSPS) is 23.7. The Bertz CT molecular complexity index is 945. The van der Waals surface area contributed by atoms with E-state index in [4.69, 9.17) is 35.9 Å². The molecule has 1 aliphatic rings. The van der Waals surface area contributed by atoms with Gasteiger partial charge in [0.15, 0.2) is 29.7 Å². The molecule has 1 heterocycles. The quantitative estimate of drug-likeness (QED) is 0.285. The lowest BCUT2D eigenvalue weighted by atomic mass is 9.97. The lowest BCUT2D eigenvalue weighted by Crippen LogP contribution is -2.66. The van der Waals surface area contributed by atoms with Gasteiger partial charge in [-0.15, -0.1) is 0 Å². The Morgan fingerprint density at radius 2 is 1.47 bits per heavy atom. The lowest BCUT2D eigenvalue weighted by Gasteiger charge is -2.44. The van der Waals surface area contributed by atoms with Crippen LogP contribution < -0.4 is 10.6 Å². The van der Waals surface area contributed by atoms with Gasteiger partial charge in [-0.2, -0.15) is 0 Å². The molecule has 1 aromatic carbocycles. The number of anilines is 1. The highest BCUT2D eigenvalue weighted by atomic mass is 79.9. The molecule has 5 atom stereocenters. The second-order valence-corrected chi connectivity index (χ2v) is 8.46. The molecule has 13 heteroatoms. The van der Waals surface area contributed by atoms with Gasteiger partial charge in [-0.05, 0) is 40.3 Å². The van der Waals surface area contributed by atoms with Crippen LogP contribution in [0, 0.1) is 0 Å². The van der Waals surface area contributed by atoms with E-state index in [1.807, 2.05) is 6.07 Å². The number of thiocarbonyl (C=S) groups is 1. The highest BCUT2D eigenvalue weighted by Gasteiger charge is 2.52. The predicted molar refractivity (Wildman–Crippen MR) is 125 cm³/mol. The fraction of sp³-hybridized carbons (Fsp3) is 0.476. The topological polar surface area (TPSA) is 138 Å². The Hall–Kier alpha value is -2.77. The molecule has 1 saturated heterocycles. The first-order valence-corrected chi connectivity index (χ1v) is 11.3. The number of carbonyl (C=O) groups excluding carboxylic acids is 4. The van der Waals surface area contributed by atoms with Crippen molar-refractivity contribution >= 4 is 62.8 Å². The summed E-state index contributed by atoms with van der Waals surface area (Å²) < 4.78 is 27.8. The molecule has 0 amide bonds. The summed E-state index contributed by atoms with van der Waals surface area (Å²) in [7, 11) is 0. The number of hydrogen-bond acceptors (Lipinski definition) is 10. The van der Waals surface area contributed by atoms with Crippen molar-refractivity contribution in [3.8, 4) is 0 Å². The largest absolute Gasteiger partial charge is 0.463 e. The van der Waals surface area contributed by atoms with Crippen molar-refractivity contribution in [2.75, 3.05) is 11.9 Å². The van der Waals surface area contributed by atoms with Gasteiger partial charge in [0.05, 0.1) is 5.69 Å². The van der Waals surface area contributed by atoms with E-state index in [0.717, 1.165) is 25.2 Å². The van der Waals surface area contributed by atoms with E-state index in [1.165, 1.54) is 6.92 Å². The minimum absolute atomic E-state index is 0.0906. The van der Waals surface area contributed by atoms with Crippen LogP contribution in [0.4, 0.5) is 5.69 Å². The third-order valence-electron chi connectivity index (χ3n) is 4.39. The number of carbonyl (C=O) groups is 4. The molecule has 1 aromatic rings. The standard InChI is InChI=1S/C21H25BrN2O9S/c1-10(25)29-9-16-17(30-11(2)26)18(31-12(3)27)19(32-13(4)28)20(33-16)24-21(34)23-15-8-6-5-7-14(15)22/h5-8,16-20H,9H2,1-4H3,(H2,23,24,34)/t16-,17-,18+,19+,20-/m0/s1. The van der Waals surface area contributed by atoms with Gasteiger partial charge in [-0.25, -0.2) is 0 Å². The monoisotopic (exact) mass is 560 g/mol. The van der Waals surface area contributed by atoms with Crippen LogP contribution in [0.25, 0.3) is 0 Å². The van der Waals surface area contributed by atoms with Gasteiger partial charge in [0, 0.05) is 32.2 Å². The van der Waals surface area contributed by atoms with Gasteiger partial charge >= 0.3 is 23.9 Å². The molecule has 2 N–H and O–H groups in total. The van der Waals surface area contributed by atoms with Gasteiger partial charge in [0.2, 0.25) is 0 Å². The number of esters is 4. The van der Waals surface area contributed by atoms with Crippen LogP contribution in [-0.2, 0) is 42.9 Å². The first kappa shape index (κ1) is 27.5. The van der Waals surface area contributed by atoms with Crippen LogP contribution in [0.15, 0.2) is 28.7 Å². The van der Waals surface area contributed by atoms with Crippen LogP contribution in [0.5, 0.6) is 0 Å². The number of nitrogens with one attached hydrogen (secondary N) is 2. The van der Waals surface area contributed by atoms with Crippen molar-refractivity contribution in [1.29, 1.82) is 0 Å². The third-order valence-corrected chi connectivity index (χ3v) is 5.30. The van der Waals surface area contributed by atoms with Crippen LogP contribution in [-0.4, -0.2) is 66.2 Å². The van der Waals surface area contributed by atoms with Gasteiger partial charge < -0.3 is 34.3 Å². The van der Waals surface area contributed by atoms with Gasteiger partial charge in [-0.1, -0.05) is 12.1 Å². The number of rotatable bonds is 7. The number of hydrogen-bond donors (Lipinski definition) is 2. The molecule has 0 bridgehead atoms. The number of ether oxygens (including phenoxy) is 5. The average molecular weight is 561 g/mol. The van der Waals surface area contributed by atoms with Crippen LogP contribution in [0.3, 0.4) is 0 Å². The second-order valence-electron chi connectivity index (χ2n) is 7.20. The van der Waals surface area contributed by atoms with Crippen molar-refractivity contribution in [3.05, 3.63) is 28.7 Å². The molecule has 1 fully saturated rings. The molecule has 34 heavy (non-hydrogen) atoms. The molecule has 0 aliphatic carbocycles. The van der Waals surface area contributed by atoms with E-state index < -0.39 is 54.5 Å². The molecule has 0 aromatic heterocycles. The summed E-state index contributed by atoms with van der Waals surface area (Å²) in [4.78, 5) is 46.9. The smallest absolute Gasteiger partial charge is 0.303 e. The molecule has 0 spiro atoms. The van der Waals surface area contributed by atoms with E-state index in [1.54, 1.807) is 18.2 Å². The third kappa shape index (κ3) is 8.22. The van der Waals surface area contributed by atoms with E-state index in [9.17, 15) is 19.2 Å². The Labute approximate surface area is 209 Å². The SMILES string of the molecule is CC(=O)OC[C@@H]1O[C@H](NC(=S)Nc2ccccc2Br)[C@H](OC(C)=O)[C@H](OC(C)=O)[C@H]1OC(C)=O. The van der Waals surface area contributed by atoms with Crippen LogP contribution in [0.1, 0.15) is 27.7 Å². The molecular weight excluding hydrogens is 536 g/mol. The second kappa shape index (κ2) is 12.6. The summed E-state index contributed by atoms with van der Waals surface area (Å²) in [6.45, 7) is 4.32. The highest BCUT2D eigenvalue weighted by molar-refractivity contribution is 9.10. The van der Waals surface area contributed by atoms with Crippen molar-refractivity contribution in [3.63, 3.8) is 0 Å². The zero-order valence-electron chi connectivity index (χ0n) is 18.9. The minimum atomic E-state index is -1.29. The van der Waals surface area contributed by atoms with Gasteiger partial charge in [0.25, 0.3) is 0 Å². The highest BCUT2D eigenvalue weighted by Crippen LogP contribution is 2.29. The Kier molecular flexibility index (Phi) is 10.2. The molecule has 2 rings (SSSR count). The summed E-state index contributed by atoms with van der Waals surface area (Å²) in [6, 6.07) is 7.19. The first-order valence-electron chi connectivity index (χ1n) is 10.1. The molecule has 0 saturated carbocycles. The molecule has 1 aliphatic heterocycles. The average Bonchev–Trinajstić information content (AvgIpc) is 2.71. The van der Waals surface area contributed by atoms with Crippen molar-refractivity contribution in [1.82, 2.24) is 5.32 Å². The number of benzene rings is 1. The minimum Gasteiger partial charge on any atom is -0.463 e. The molecular formula is C21H25BrN2O9S. The number of halogens is 1. The van der Waals surface area contributed by atoms with E-state index in [0.29, 0.717) is 5.69 Å². The summed E-state index contributed by atoms with van der Waals surface area (Å²) in [5.41, 5.74) is 0.644. The first-order chi connectivity index (χ1) is 16.0.